The van der Waals surface area contributed by atoms with E-state index >= 15 is 0 Å². The van der Waals surface area contributed by atoms with Crippen molar-refractivity contribution in [2.75, 3.05) is 0 Å². The van der Waals surface area contributed by atoms with Crippen LogP contribution < -0.4 is 0 Å². The van der Waals surface area contributed by atoms with E-state index in [1.54, 1.807) is 36.4 Å². The minimum atomic E-state index is -0.437. The maximum atomic E-state index is 13.0. The van der Waals surface area contributed by atoms with E-state index in [-0.39, 0.29) is 12.4 Å². The van der Waals surface area contributed by atoms with Gasteiger partial charge in [-0.2, -0.15) is 0 Å². The van der Waals surface area contributed by atoms with Gasteiger partial charge in [0, 0.05) is 15.6 Å². The van der Waals surface area contributed by atoms with E-state index in [0.717, 1.165) is 10.0 Å². The van der Waals surface area contributed by atoms with Crippen molar-refractivity contribution in [3.8, 4) is 11.3 Å². The molecule has 122 valence electrons. The summed E-state index contributed by atoms with van der Waals surface area (Å²) in [4.78, 5) is 12.0. The van der Waals surface area contributed by atoms with E-state index in [4.69, 9.17) is 9.26 Å². The van der Waals surface area contributed by atoms with Crippen molar-refractivity contribution in [2.24, 2.45) is 0 Å². The van der Waals surface area contributed by atoms with E-state index in [2.05, 4.69) is 21.1 Å². The molecule has 0 aliphatic rings. The number of aromatic nitrogens is 1. The second-order valence-electron chi connectivity index (χ2n) is 5.17. The van der Waals surface area contributed by atoms with E-state index in [9.17, 15) is 9.18 Å². The molecule has 2 aromatic carbocycles. The largest absolute Gasteiger partial charge is 0.455 e. The maximum absolute atomic E-state index is 13.0. The summed E-state index contributed by atoms with van der Waals surface area (Å²) in [6.45, 7) is 1.82. The molecule has 0 bridgehead atoms. The summed E-state index contributed by atoms with van der Waals surface area (Å²) in [6, 6.07) is 12.8. The van der Waals surface area contributed by atoms with Gasteiger partial charge in [-0.15, -0.1) is 0 Å². The molecular formula is C18H13BrFNO3. The predicted molar refractivity (Wildman–Crippen MR) is 89.9 cm³/mol. The maximum Gasteiger partial charge on any atom is 0.338 e. The standard InChI is InChI=1S/C18H13BrFNO3/c1-11-16(10-23-18(22)13-2-6-14(19)7-3-13)21-24-17(11)12-4-8-15(20)9-5-12/h2-9H,10H2,1H3. The molecule has 0 N–H and O–H groups in total. The van der Waals surface area contributed by atoms with E-state index in [0.29, 0.717) is 22.6 Å². The quantitative estimate of drug-likeness (QED) is 0.594. The highest BCUT2D eigenvalue weighted by Crippen LogP contribution is 2.26. The summed E-state index contributed by atoms with van der Waals surface area (Å²) >= 11 is 3.31. The van der Waals surface area contributed by atoms with Gasteiger partial charge in [0.15, 0.2) is 5.76 Å². The Morgan fingerprint density at radius 2 is 1.83 bits per heavy atom. The van der Waals surface area contributed by atoms with Gasteiger partial charge in [0.2, 0.25) is 0 Å². The number of carbonyl (C=O) groups excluding carboxylic acids is 1. The zero-order valence-electron chi connectivity index (χ0n) is 12.8. The SMILES string of the molecule is Cc1c(COC(=O)c2ccc(Br)cc2)noc1-c1ccc(F)cc1. The van der Waals surface area contributed by atoms with Gasteiger partial charge in [-0.05, 0) is 55.5 Å². The third kappa shape index (κ3) is 3.54. The van der Waals surface area contributed by atoms with Gasteiger partial charge in [0.1, 0.15) is 18.1 Å². The smallest absolute Gasteiger partial charge is 0.338 e. The van der Waals surface area contributed by atoms with Crippen molar-refractivity contribution in [2.45, 2.75) is 13.5 Å². The molecular weight excluding hydrogens is 377 g/mol. The van der Waals surface area contributed by atoms with Gasteiger partial charge in [0.05, 0.1) is 5.56 Å². The monoisotopic (exact) mass is 389 g/mol. The van der Waals surface area contributed by atoms with Crippen LogP contribution in [0.5, 0.6) is 0 Å². The molecule has 24 heavy (non-hydrogen) atoms. The molecule has 4 nitrogen and oxygen atoms in total. The Hall–Kier alpha value is -2.47. The van der Waals surface area contributed by atoms with Crippen LogP contribution >= 0.6 is 15.9 Å². The van der Waals surface area contributed by atoms with Crippen LogP contribution in [0.15, 0.2) is 57.5 Å². The number of benzene rings is 2. The first-order valence-corrected chi connectivity index (χ1v) is 7.97. The lowest BCUT2D eigenvalue weighted by Crippen LogP contribution is -2.05. The van der Waals surface area contributed by atoms with Crippen LogP contribution in [0, 0.1) is 12.7 Å². The molecule has 3 aromatic rings. The summed E-state index contributed by atoms with van der Waals surface area (Å²) in [5, 5.41) is 3.94. The number of esters is 1. The van der Waals surface area contributed by atoms with Crippen LogP contribution in [-0.2, 0) is 11.3 Å². The Labute approximate surface area is 146 Å². The second kappa shape index (κ2) is 6.97. The molecule has 0 spiro atoms. The number of rotatable bonds is 4. The third-order valence-electron chi connectivity index (χ3n) is 3.55. The fourth-order valence-corrected chi connectivity index (χ4v) is 2.44. The highest BCUT2D eigenvalue weighted by atomic mass is 79.9. The van der Waals surface area contributed by atoms with Crippen LogP contribution in [0.4, 0.5) is 4.39 Å². The highest BCUT2D eigenvalue weighted by molar-refractivity contribution is 9.10. The molecule has 0 fully saturated rings. The molecule has 1 heterocycles. The van der Waals surface area contributed by atoms with Crippen molar-refractivity contribution in [1.82, 2.24) is 5.16 Å². The van der Waals surface area contributed by atoms with Crippen LogP contribution in [-0.4, -0.2) is 11.1 Å². The van der Waals surface area contributed by atoms with Crippen molar-refractivity contribution in [3.63, 3.8) is 0 Å². The topological polar surface area (TPSA) is 52.3 Å². The number of ether oxygens (including phenoxy) is 1. The van der Waals surface area contributed by atoms with Gasteiger partial charge in [-0.25, -0.2) is 9.18 Å². The summed E-state index contributed by atoms with van der Waals surface area (Å²) in [7, 11) is 0. The lowest BCUT2D eigenvalue weighted by molar-refractivity contribution is 0.0464. The van der Waals surface area contributed by atoms with E-state index in [1.165, 1.54) is 12.1 Å². The minimum Gasteiger partial charge on any atom is -0.455 e. The summed E-state index contributed by atoms with van der Waals surface area (Å²) in [5.41, 5.74) is 2.45. The Balaban J connectivity index is 1.71. The Bertz CT molecular complexity index is 857. The first-order chi connectivity index (χ1) is 11.5. The molecule has 0 unspecified atom stereocenters. The average Bonchev–Trinajstić information content (AvgIpc) is 2.95. The number of nitrogens with zero attached hydrogens (tertiary/aromatic N) is 1. The summed E-state index contributed by atoms with van der Waals surface area (Å²) < 4.78 is 24.5. The molecule has 0 aliphatic heterocycles. The van der Waals surface area contributed by atoms with Gasteiger partial charge in [0.25, 0.3) is 0 Å². The fourth-order valence-electron chi connectivity index (χ4n) is 2.18. The number of hydrogen-bond donors (Lipinski definition) is 0. The van der Waals surface area contributed by atoms with Gasteiger partial charge < -0.3 is 9.26 Å². The van der Waals surface area contributed by atoms with Gasteiger partial charge >= 0.3 is 5.97 Å². The molecule has 3 rings (SSSR count). The van der Waals surface area contributed by atoms with Crippen LogP contribution in [0.2, 0.25) is 0 Å². The lowest BCUT2D eigenvalue weighted by Gasteiger charge is -2.03. The summed E-state index contributed by atoms with van der Waals surface area (Å²) in [6.07, 6.45) is 0. The Kier molecular flexibility index (Phi) is 4.76. The zero-order valence-corrected chi connectivity index (χ0v) is 14.3. The summed E-state index contributed by atoms with van der Waals surface area (Å²) in [5.74, 6) is -0.225. The number of hydrogen-bond acceptors (Lipinski definition) is 4. The highest BCUT2D eigenvalue weighted by Gasteiger charge is 2.16. The number of halogens is 2. The van der Waals surface area contributed by atoms with Crippen molar-refractivity contribution in [3.05, 3.63) is 75.6 Å². The molecule has 0 saturated heterocycles. The fraction of sp³-hybridized carbons (Fsp3) is 0.111. The molecule has 0 saturated carbocycles. The molecule has 1 aromatic heterocycles. The first-order valence-electron chi connectivity index (χ1n) is 7.18. The normalized spacial score (nSPS) is 10.6. The van der Waals surface area contributed by atoms with Crippen LogP contribution in [0.25, 0.3) is 11.3 Å². The van der Waals surface area contributed by atoms with Crippen molar-refractivity contribution in [1.29, 1.82) is 0 Å². The van der Waals surface area contributed by atoms with E-state index in [1.807, 2.05) is 6.92 Å². The second-order valence-corrected chi connectivity index (χ2v) is 6.09. The van der Waals surface area contributed by atoms with Crippen LogP contribution in [0.3, 0.4) is 0 Å². The average molecular weight is 390 g/mol. The van der Waals surface area contributed by atoms with Crippen molar-refractivity contribution >= 4 is 21.9 Å². The predicted octanol–water partition coefficient (Wildman–Crippen LogP) is 4.91. The van der Waals surface area contributed by atoms with Crippen molar-refractivity contribution < 1.29 is 18.4 Å². The van der Waals surface area contributed by atoms with Crippen LogP contribution in [0.1, 0.15) is 21.6 Å². The first kappa shape index (κ1) is 16.4. The molecule has 0 amide bonds. The Morgan fingerprint density at radius 3 is 2.50 bits per heavy atom. The molecule has 6 heteroatoms. The zero-order chi connectivity index (χ0) is 17.1. The third-order valence-corrected chi connectivity index (χ3v) is 4.08. The van der Waals surface area contributed by atoms with E-state index < -0.39 is 5.97 Å². The molecule has 0 aliphatic carbocycles. The number of carbonyl (C=O) groups is 1. The van der Waals surface area contributed by atoms with Gasteiger partial charge in [-0.1, -0.05) is 21.1 Å². The molecule has 0 radical (unpaired) electrons. The lowest BCUT2D eigenvalue weighted by atomic mass is 10.1. The minimum absolute atomic E-state index is 0.00538. The van der Waals surface area contributed by atoms with Gasteiger partial charge in [-0.3, -0.25) is 0 Å². The molecule has 0 atom stereocenters. The Morgan fingerprint density at radius 1 is 1.17 bits per heavy atom.